The molecule has 0 radical (unpaired) electrons. The van der Waals surface area contributed by atoms with Gasteiger partial charge >= 0.3 is 0 Å². The minimum atomic E-state index is -0.0409. The highest BCUT2D eigenvalue weighted by Gasteiger charge is 2.16. The molecule has 1 aliphatic heterocycles. The summed E-state index contributed by atoms with van der Waals surface area (Å²) in [6.07, 6.45) is 5.68. The van der Waals surface area contributed by atoms with E-state index >= 15 is 0 Å². The predicted octanol–water partition coefficient (Wildman–Crippen LogP) is 3.48. The number of carbonyl (C=O) groups excluding carboxylic acids is 1. The number of benzene rings is 1. The van der Waals surface area contributed by atoms with Gasteiger partial charge in [0, 0.05) is 24.7 Å². The summed E-state index contributed by atoms with van der Waals surface area (Å²) in [6.45, 7) is 0.726. The van der Waals surface area contributed by atoms with Crippen molar-refractivity contribution in [3.05, 3.63) is 58.4 Å². The molecule has 0 unspecified atom stereocenters. The van der Waals surface area contributed by atoms with Crippen LogP contribution in [0.2, 0.25) is 0 Å². The molecule has 0 bridgehead atoms. The molecule has 4 aromatic rings. The summed E-state index contributed by atoms with van der Waals surface area (Å²) in [4.78, 5) is 32.6. The first-order valence-corrected chi connectivity index (χ1v) is 10.8. The average Bonchev–Trinajstić information content (AvgIpc) is 3.41. The summed E-state index contributed by atoms with van der Waals surface area (Å²) >= 11 is 1.19. The van der Waals surface area contributed by atoms with Gasteiger partial charge in [0.05, 0.1) is 22.3 Å². The molecule has 0 aliphatic carbocycles. The van der Waals surface area contributed by atoms with Gasteiger partial charge in [-0.2, -0.15) is 0 Å². The number of hydrogen-bond acceptors (Lipinski definition) is 7. The maximum absolute atomic E-state index is 12.9. The van der Waals surface area contributed by atoms with Gasteiger partial charge in [-0.05, 0) is 43.2 Å². The topological polar surface area (TPSA) is 107 Å². The number of Topliss-reactive ketones (excluding diaryl/α,β-unsaturated/α-hetero) is 1. The van der Waals surface area contributed by atoms with Gasteiger partial charge in [-0.3, -0.25) is 14.2 Å². The van der Waals surface area contributed by atoms with Crippen LogP contribution in [0.4, 0.5) is 0 Å². The van der Waals surface area contributed by atoms with Crippen LogP contribution >= 0.6 is 11.8 Å². The zero-order valence-electron chi connectivity index (χ0n) is 16.1. The van der Waals surface area contributed by atoms with Crippen LogP contribution in [0.25, 0.3) is 22.4 Å². The molecule has 0 saturated heterocycles. The van der Waals surface area contributed by atoms with Crippen molar-refractivity contribution in [2.45, 2.75) is 37.5 Å². The number of aromatic nitrogens is 5. The monoisotopic (exact) mass is 421 g/mol. The van der Waals surface area contributed by atoms with Crippen molar-refractivity contribution in [2.75, 3.05) is 5.75 Å². The van der Waals surface area contributed by atoms with E-state index in [1.807, 2.05) is 6.07 Å². The van der Waals surface area contributed by atoms with E-state index in [9.17, 15) is 9.59 Å². The molecule has 5 rings (SSSR count). The zero-order valence-corrected chi connectivity index (χ0v) is 16.9. The lowest BCUT2D eigenvalue weighted by atomic mass is 10.1. The molecule has 0 fully saturated rings. The molecule has 9 heteroatoms. The number of nitrogens with one attached hydrogen (secondary N) is 1. The molecule has 1 N–H and O–H groups in total. The second-order valence-electron chi connectivity index (χ2n) is 7.20. The minimum Gasteiger partial charge on any atom is -0.411 e. The lowest BCUT2D eigenvalue weighted by Gasteiger charge is -2.10. The van der Waals surface area contributed by atoms with Crippen LogP contribution < -0.4 is 5.56 Å². The third-order valence-electron chi connectivity index (χ3n) is 5.19. The van der Waals surface area contributed by atoms with E-state index in [2.05, 4.69) is 15.2 Å². The number of rotatable bonds is 5. The van der Waals surface area contributed by atoms with Gasteiger partial charge in [-0.1, -0.05) is 18.2 Å². The number of nitrogens with zero attached hydrogens (tertiary/aromatic N) is 4. The van der Waals surface area contributed by atoms with Crippen LogP contribution in [0.3, 0.4) is 0 Å². The number of thioether (sulfide) groups is 1. The van der Waals surface area contributed by atoms with E-state index in [1.54, 1.807) is 35.0 Å². The van der Waals surface area contributed by atoms with Crippen LogP contribution in [-0.2, 0) is 13.0 Å². The molecular weight excluding hydrogens is 402 g/mol. The Morgan fingerprint density at radius 3 is 3.00 bits per heavy atom. The summed E-state index contributed by atoms with van der Waals surface area (Å²) in [7, 11) is 0. The molecule has 0 saturated carbocycles. The fourth-order valence-corrected chi connectivity index (χ4v) is 4.29. The molecule has 0 atom stereocenters. The van der Waals surface area contributed by atoms with Crippen molar-refractivity contribution >= 4 is 28.4 Å². The number of aryl methyl sites for hydroxylation is 1. The van der Waals surface area contributed by atoms with E-state index in [4.69, 9.17) is 9.40 Å². The fraction of sp³-hybridized carbons (Fsp3) is 0.286. The van der Waals surface area contributed by atoms with Gasteiger partial charge in [0.25, 0.3) is 10.8 Å². The fourth-order valence-electron chi connectivity index (χ4n) is 3.64. The van der Waals surface area contributed by atoms with Gasteiger partial charge in [-0.25, -0.2) is 4.98 Å². The smallest absolute Gasteiger partial charge is 0.277 e. The van der Waals surface area contributed by atoms with Crippen molar-refractivity contribution in [1.82, 2.24) is 24.7 Å². The third kappa shape index (κ3) is 3.56. The SMILES string of the molecule is O=C(CSc1nnc(-c2ccc3c(=O)n4c(nc3c2)CCCCC4)o1)c1ccc[nH]1. The second-order valence-corrected chi connectivity index (χ2v) is 8.12. The quantitative estimate of drug-likeness (QED) is 0.388. The highest BCUT2D eigenvalue weighted by Crippen LogP contribution is 2.26. The van der Waals surface area contributed by atoms with Gasteiger partial charge in [0.15, 0.2) is 5.78 Å². The van der Waals surface area contributed by atoms with E-state index in [1.165, 1.54) is 11.8 Å². The number of ketones is 1. The molecule has 1 aromatic carbocycles. The summed E-state index contributed by atoms with van der Waals surface area (Å²) in [5.74, 6) is 1.33. The van der Waals surface area contributed by atoms with E-state index in [0.717, 1.165) is 38.1 Å². The highest BCUT2D eigenvalue weighted by atomic mass is 32.2. The Bertz CT molecular complexity index is 1280. The maximum atomic E-state index is 12.9. The van der Waals surface area contributed by atoms with Crippen LogP contribution in [0.5, 0.6) is 0 Å². The zero-order chi connectivity index (χ0) is 20.5. The first-order valence-electron chi connectivity index (χ1n) is 9.86. The number of aromatic amines is 1. The van der Waals surface area contributed by atoms with Crippen molar-refractivity contribution in [3.63, 3.8) is 0 Å². The maximum Gasteiger partial charge on any atom is 0.277 e. The molecule has 30 heavy (non-hydrogen) atoms. The lowest BCUT2D eigenvalue weighted by molar-refractivity contribution is 0.101. The molecule has 3 aromatic heterocycles. The summed E-state index contributed by atoms with van der Waals surface area (Å²) in [5, 5.41) is 9.03. The lowest BCUT2D eigenvalue weighted by Crippen LogP contribution is -2.24. The largest absolute Gasteiger partial charge is 0.411 e. The van der Waals surface area contributed by atoms with Crippen LogP contribution in [0.1, 0.15) is 35.6 Å². The molecular formula is C21H19N5O3S. The van der Waals surface area contributed by atoms with Crippen LogP contribution in [0, 0.1) is 0 Å². The van der Waals surface area contributed by atoms with Crippen molar-refractivity contribution in [2.24, 2.45) is 0 Å². The third-order valence-corrected chi connectivity index (χ3v) is 6.01. The van der Waals surface area contributed by atoms with Crippen LogP contribution in [-0.4, -0.2) is 36.3 Å². The Balaban J connectivity index is 1.40. The number of fused-ring (bicyclic) bond motifs is 2. The first-order chi connectivity index (χ1) is 14.7. The average molecular weight is 421 g/mol. The molecule has 0 spiro atoms. The first kappa shape index (κ1) is 18.8. The summed E-state index contributed by atoms with van der Waals surface area (Å²) < 4.78 is 7.52. The molecule has 4 heterocycles. The number of H-pyrrole nitrogens is 1. The van der Waals surface area contributed by atoms with E-state index < -0.39 is 0 Å². The minimum absolute atomic E-state index is 0.00746. The second kappa shape index (κ2) is 7.91. The summed E-state index contributed by atoms with van der Waals surface area (Å²) in [5.41, 5.74) is 1.89. The van der Waals surface area contributed by atoms with Gasteiger partial charge in [-0.15, -0.1) is 10.2 Å². The van der Waals surface area contributed by atoms with Crippen molar-refractivity contribution < 1.29 is 9.21 Å². The van der Waals surface area contributed by atoms with Gasteiger partial charge < -0.3 is 9.40 Å². The molecule has 1 aliphatic rings. The van der Waals surface area contributed by atoms with E-state index in [0.29, 0.717) is 33.3 Å². The summed E-state index contributed by atoms with van der Waals surface area (Å²) in [6, 6.07) is 8.88. The van der Waals surface area contributed by atoms with Gasteiger partial charge in [0.1, 0.15) is 5.82 Å². The number of hydrogen-bond donors (Lipinski definition) is 1. The Morgan fingerprint density at radius 1 is 1.20 bits per heavy atom. The Morgan fingerprint density at radius 2 is 2.13 bits per heavy atom. The Kier molecular flexibility index (Phi) is 4.96. The molecule has 8 nitrogen and oxygen atoms in total. The Hall–Kier alpha value is -3.20. The number of carbonyl (C=O) groups is 1. The van der Waals surface area contributed by atoms with Crippen LogP contribution in [0.15, 0.2) is 51.0 Å². The van der Waals surface area contributed by atoms with Gasteiger partial charge in [0.2, 0.25) is 5.89 Å². The predicted molar refractivity (Wildman–Crippen MR) is 113 cm³/mol. The molecule has 0 amide bonds. The molecule has 152 valence electrons. The Labute approximate surface area is 175 Å². The van der Waals surface area contributed by atoms with Crippen molar-refractivity contribution in [3.8, 4) is 11.5 Å². The van der Waals surface area contributed by atoms with Crippen molar-refractivity contribution in [1.29, 1.82) is 0 Å². The highest BCUT2D eigenvalue weighted by molar-refractivity contribution is 7.99. The standard InChI is InChI=1S/C21H19N5O3S/c27-17(15-5-4-9-22-15)12-30-21-25-24-19(29-21)13-7-8-14-16(11-13)23-18-6-2-1-3-10-26(18)20(14)28/h4-5,7-9,11,22H,1-3,6,10,12H2. The van der Waals surface area contributed by atoms with E-state index in [-0.39, 0.29) is 17.1 Å². The normalized spacial score (nSPS) is 13.9.